The number of benzene rings is 2. The van der Waals surface area contributed by atoms with Crippen LogP contribution in [0.1, 0.15) is 24.5 Å². The zero-order valence-electron chi connectivity index (χ0n) is 15.6. The van der Waals surface area contributed by atoms with Gasteiger partial charge in [-0.05, 0) is 37.1 Å². The number of aryl methyl sites for hydroxylation is 3. The smallest absolute Gasteiger partial charge is 0.329 e. The fourth-order valence-corrected chi connectivity index (χ4v) is 3.32. The van der Waals surface area contributed by atoms with Gasteiger partial charge in [0.2, 0.25) is 5.91 Å². The molecule has 1 amide bonds. The van der Waals surface area contributed by atoms with Gasteiger partial charge in [0.1, 0.15) is 0 Å². The molecule has 2 aromatic carbocycles. The number of imidazole rings is 1. The number of fused-ring (bicyclic) bond motifs is 1. The number of hydrogen-bond donors (Lipinski definition) is 0. The average molecular weight is 351 g/mol. The summed E-state index contributed by atoms with van der Waals surface area (Å²) in [4.78, 5) is 26.9. The van der Waals surface area contributed by atoms with Gasteiger partial charge in [-0.3, -0.25) is 13.9 Å². The summed E-state index contributed by atoms with van der Waals surface area (Å²) >= 11 is 0. The Morgan fingerprint density at radius 3 is 2.27 bits per heavy atom. The lowest BCUT2D eigenvalue weighted by Crippen LogP contribution is -2.30. The largest absolute Gasteiger partial charge is 0.341 e. The second-order valence-electron chi connectivity index (χ2n) is 6.59. The van der Waals surface area contributed by atoms with E-state index in [0.717, 1.165) is 16.6 Å². The lowest BCUT2D eigenvalue weighted by Gasteiger charge is -2.18. The van der Waals surface area contributed by atoms with Gasteiger partial charge >= 0.3 is 5.69 Å². The Kier molecular flexibility index (Phi) is 5.26. The molecular formula is C21H25N3O2. The van der Waals surface area contributed by atoms with Crippen LogP contribution in [0, 0.1) is 6.92 Å². The fraction of sp³-hybridized carbons (Fsp3) is 0.333. The van der Waals surface area contributed by atoms with E-state index in [4.69, 9.17) is 0 Å². The summed E-state index contributed by atoms with van der Waals surface area (Å²) in [5, 5.41) is 0. The van der Waals surface area contributed by atoms with Crippen molar-refractivity contribution in [1.29, 1.82) is 0 Å². The Balaban J connectivity index is 1.74. The summed E-state index contributed by atoms with van der Waals surface area (Å²) in [6.45, 7) is 5.60. The van der Waals surface area contributed by atoms with Crippen LogP contribution in [0.25, 0.3) is 11.0 Å². The maximum Gasteiger partial charge on any atom is 0.329 e. The number of nitrogens with zero attached hydrogens (tertiary/aromatic N) is 3. The maximum atomic E-state index is 12.6. The van der Waals surface area contributed by atoms with Crippen LogP contribution < -0.4 is 5.69 Å². The van der Waals surface area contributed by atoms with Crippen molar-refractivity contribution in [3.63, 3.8) is 0 Å². The van der Waals surface area contributed by atoms with Crippen molar-refractivity contribution >= 4 is 16.9 Å². The molecule has 0 radical (unpaired) electrons. The van der Waals surface area contributed by atoms with E-state index < -0.39 is 0 Å². The molecule has 0 aliphatic rings. The van der Waals surface area contributed by atoms with Crippen molar-refractivity contribution in [2.75, 3.05) is 7.05 Å². The Morgan fingerprint density at radius 2 is 1.62 bits per heavy atom. The molecule has 0 atom stereocenters. The molecule has 0 N–H and O–H groups in total. The van der Waals surface area contributed by atoms with E-state index in [1.54, 1.807) is 14.0 Å². The average Bonchev–Trinajstić information content (AvgIpc) is 2.92. The van der Waals surface area contributed by atoms with Crippen molar-refractivity contribution in [1.82, 2.24) is 14.0 Å². The number of rotatable bonds is 6. The van der Waals surface area contributed by atoms with Gasteiger partial charge in [0.15, 0.2) is 0 Å². The number of aromatic nitrogens is 2. The summed E-state index contributed by atoms with van der Waals surface area (Å²) in [6, 6.07) is 15.8. The zero-order chi connectivity index (χ0) is 18.7. The molecule has 0 fully saturated rings. The number of hydrogen-bond acceptors (Lipinski definition) is 2. The van der Waals surface area contributed by atoms with Gasteiger partial charge in [-0.25, -0.2) is 4.79 Å². The highest BCUT2D eigenvalue weighted by atomic mass is 16.2. The number of carbonyl (C=O) groups is 1. The molecule has 0 aliphatic heterocycles. The van der Waals surface area contributed by atoms with Gasteiger partial charge in [-0.1, -0.05) is 36.4 Å². The third kappa shape index (κ3) is 3.43. The molecule has 1 heterocycles. The summed E-state index contributed by atoms with van der Waals surface area (Å²) in [6.07, 6.45) is 0.306. The maximum absolute atomic E-state index is 12.6. The lowest BCUT2D eigenvalue weighted by atomic mass is 10.1. The normalized spacial score (nSPS) is 11.0. The quantitative estimate of drug-likeness (QED) is 0.685. The second-order valence-corrected chi connectivity index (χ2v) is 6.59. The molecule has 136 valence electrons. The first-order chi connectivity index (χ1) is 12.5. The minimum atomic E-state index is -0.0527. The van der Waals surface area contributed by atoms with Crippen molar-refractivity contribution in [3.05, 3.63) is 70.1 Å². The van der Waals surface area contributed by atoms with E-state index in [1.807, 2.05) is 69.4 Å². The van der Waals surface area contributed by atoms with Gasteiger partial charge in [-0.2, -0.15) is 0 Å². The molecule has 0 spiro atoms. The monoisotopic (exact) mass is 351 g/mol. The van der Waals surface area contributed by atoms with Crippen LogP contribution in [0.4, 0.5) is 0 Å². The predicted molar refractivity (Wildman–Crippen MR) is 104 cm³/mol. The molecule has 0 saturated carbocycles. The summed E-state index contributed by atoms with van der Waals surface area (Å²) in [5.41, 5.74) is 4.06. The Hall–Kier alpha value is -2.82. The molecule has 1 aromatic heterocycles. The molecular weight excluding hydrogens is 326 g/mol. The van der Waals surface area contributed by atoms with E-state index in [9.17, 15) is 9.59 Å². The highest BCUT2D eigenvalue weighted by molar-refractivity contribution is 5.78. The van der Waals surface area contributed by atoms with Crippen LogP contribution in [-0.2, 0) is 24.4 Å². The van der Waals surface area contributed by atoms with Crippen LogP contribution >= 0.6 is 0 Å². The first-order valence-electron chi connectivity index (χ1n) is 8.99. The highest BCUT2D eigenvalue weighted by Gasteiger charge is 2.15. The standard InChI is InChI=1S/C21H25N3O2/c1-4-23-18-11-7-8-12-19(18)24(21(23)26)14-13-20(25)22(3)15-17-10-6-5-9-16(17)2/h5-12H,4,13-15H2,1-3H3. The minimum Gasteiger partial charge on any atom is -0.341 e. The molecule has 5 nitrogen and oxygen atoms in total. The van der Waals surface area contributed by atoms with Crippen LogP contribution in [-0.4, -0.2) is 27.0 Å². The molecule has 0 aliphatic carbocycles. The highest BCUT2D eigenvalue weighted by Crippen LogP contribution is 2.14. The molecule has 3 rings (SSSR count). The minimum absolute atomic E-state index is 0.0356. The van der Waals surface area contributed by atoms with Crippen LogP contribution in [0.5, 0.6) is 0 Å². The van der Waals surface area contributed by atoms with Gasteiger partial charge in [0, 0.05) is 33.1 Å². The Bertz CT molecular complexity index is 984. The topological polar surface area (TPSA) is 47.2 Å². The first kappa shape index (κ1) is 18.0. The van der Waals surface area contributed by atoms with E-state index >= 15 is 0 Å². The Morgan fingerprint density at radius 1 is 1.00 bits per heavy atom. The van der Waals surface area contributed by atoms with Crippen molar-refractivity contribution in [3.8, 4) is 0 Å². The molecule has 26 heavy (non-hydrogen) atoms. The summed E-state index contributed by atoms with van der Waals surface area (Å²) in [5.74, 6) is 0.0356. The molecule has 3 aromatic rings. The SMILES string of the molecule is CCn1c(=O)n(CCC(=O)N(C)Cc2ccccc2C)c2ccccc21. The third-order valence-corrected chi connectivity index (χ3v) is 4.89. The fourth-order valence-electron chi connectivity index (χ4n) is 3.32. The van der Waals surface area contributed by atoms with Gasteiger partial charge in [-0.15, -0.1) is 0 Å². The van der Waals surface area contributed by atoms with Gasteiger partial charge < -0.3 is 4.90 Å². The van der Waals surface area contributed by atoms with E-state index in [1.165, 1.54) is 5.56 Å². The van der Waals surface area contributed by atoms with Crippen molar-refractivity contribution < 1.29 is 4.79 Å². The summed E-state index contributed by atoms with van der Waals surface area (Å²) in [7, 11) is 1.81. The number of amides is 1. The first-order valence-corrected chi connectivity index (χ1v) is 8.99. The lowest BCUT2D eigenvalue weighted by molar-refractivity contribution is -0.130. The molecule has 0 unspecified atom stereocenters. The second kappa shape index (κ2) is 7.60. The van der Waals surface area contributed by atoms with Crippen LogP contribution in [0.2, 0.25) is 0 Å². The van der Waals surface area contributed by atoms with Gasteiger partial charge in [0.05, 0.1) is 11.0 Å². The van der Waals surface area contributed by atoms with Gasteiger partial charge in [0.25, 0.3) is 0 Å². The molecule has 0 bridgehead atoms. The zero-order valence-corrected chi connectivity index (χ0v) is 15.6. The van der Waals surface area contributed by atoms with Crippen LogP contribution in [0.3, 0.4) is 0 Å². The van der Waals surface area contributed by atoms with Crippen LogP contribution in [0.15, 0.2) is 53.3 Å². The Labute approximate surface area is 153 Å². The predicted octanol–water partition coefficient (Wildman–Crippen LogP) is 3.18. The molecule has 5 heteroatoms. The third-order valence-electron chi connectivity index (χ3n) is 4.89. The van der Waals surface area contributed by atoms with E-state index in [-0.39, 0.29) is 11.6 Å². The summed E-state index contributed by atoms with van der Waals surface area (Å²) < 4.78 is 3.45. The number of carbonyl (C=O) groups excluding carboxylic acids is 1. The van der Waals surface area contributed by atoms with Crippen molar-refractivity contribution in [2.24, 2.45) is 0 Å². The van der Waals surface area contributed by atoms with Crippen molar-refractivity contribution in [2.45, 2.75) is 39.9 Å². The number of para-hydroxylation sites is 2. The van der Waals surface area contributed by atoms with E-state index in [0.29, 0.717) is 26.1 Å². The molecule has 0 saturated heterocycles. The van der Waals surface area contributed by atoms with E-state index in [2.05, 4.69) is 0 Å².